The van der Waals surface area contributed by atoms with Crippen LogP contribution in [0.5, 0.6) is 0 Å². The number of nitrogens with zero attached hydrogens (tertiary/aromatic N) is 2. The lowest BCUT2D eigenvalue weighted by Gasteiger charge is -2.38. The maximum Gasteiger partial charge on any atom is 0.239 e. The number of amides is 1. The second-order valence-electron chi connectivity index (χ2n) is 5.64. The summed E-state index contributed by atoms with van der Waals surface area (Å²) in [7, 11) is 2.18. The molecule has 2 aliphatic rings. The molecule has 0 aromatic rings. The van der Waals surface area contributed by atoms with Crippen molar-refractivity contribution in [2.75, 3.05) is 20.1 Å². The zero-order valence-corrected chi connectivity index (χ0v) is 11.1. The quantitative estimate of drug-likeness (QED) is 0.790. The molecule has 17 heavy (non-hydrogen) atoms. The van der Waals surface area contributed by atoms with Crippen molar-refractivity contribution in [3.8, 4) is 0 Å². The average Bonchev–Trinajstić information content (AvgIpc) is 3.12. The van der Waals surface area contributed by atoms with Crippen LogP contribution in [0.3, 0.4) is 0 Å². The Hall–Kier alpha value is -0.610. The van der Waals surface area contributed by atoms with Gasteiger partial charge >= 0.3 is 0 Å². The molecule has 1 aliphatic carbocycles. The molecule has 4 heteroatoms. The fourth-order valence-electron chi connectivity index (χ4n) is 2.74. The van der Waals surface area contributed by atoms with E-state index < -0.39 is 0 Å². The van der Waals surface area contributed by atoms with E-state index in [0.717, 1.165) is 32.0 Å². The fourth-order valence-corrected chi connectivity index (χ4v) is 2.74. The van der Waals surface area contributed by atoms with E-state index in [1.165, 1.54) is 19.3 Å². The van der Waals surface area contributed by atoms with Crippen LogP contribution in [0.25, 0.3) is 0 Å². The minimum atomic E-state index is -0.359. The van der Waals surface area contributed by atoms with E-state index in [-0.39, 0.29) is 11.9 Å². The predicted molar refractivity (Wildman–Crippen MR) is 68.7 cm³/mol. The van der Waals surface area contributed by atoms with Gasteiger partial charge in [0, 0.05) is 25.2 Å². The lowest BCUT2D eigenvalue weighted by Crippen LogP contribution is -2.53. The lowest BCUT2D eigenvalue weighted by atomic mass is 10.0. The molecular formula is C13H25N3O. The van der Waals surface area contributed by atoms with Crippen molar-refractivity contribution < 1.29 is 4.79 Å². The van der Waals surface area contributed by atoms with Gasteiger partial charge in [0.1, 0.15) is 0 Å². The first-order valence-electron chi connectivity index (χ1n) is 6.86. The molecule has 1 unspecified atom stereocenters. The lowest BCUT2D eigenvalue weighted by molar-refractivity contribution is -0.136. The van der Waals surface area contributed by atoms with Crippen LogP contribution in [0.1, 0.15) is 39.0 Å². The van der Waals surface area contributed by atoms with E-state index in [1.807, 2.05) is 4.90 Å². The van der Waals surface area contributed by atoms with Crippen LogP contribution in [0.4, 0.5) is 0 Å². The highest BCUT2D eigenvalue weighted by Gasteiger charge is 2.33. The molecule has 4 nitrogen and oxygen atoms in total. The van der Waals surface area contributed by atoms with Crippen molar-refractivity contribution in [2.24, 2.45) is 5.73 Å². The van der Waals surface area contributed by atoms with Crippen LogP contribution >= 0.6 is 0 Å². The van der Waals surface area contributed by atoms with Crippen molar-refractivity contribution in [1.82, 2.24) is 9.80 Å². The molecule has 0 aromatic heterocycles. The summed E-state index contributed by atoms with van der Waals surface area (Å²) in [6.45, 7) is 3.70. The molecule has 98 valence electrons. The van der Waals surface area contributed by atoms with E-state index in [2.05, 4.69) is 11.9 Å². The van der Waals surface area contributed by atoms with Crippen molar-refractivity contribution in [2.45, 2.75) is 57.2 Å². The summed E-state index contributed by atoms with van der Waals surface area (Å²) >= 11 is 0. The zero-order chi connectivity index (χ0) is 12.4. The number of hydrogen-bond acceptors (Lipinski definition) is 3. The summed E-state index contributed by atoms with van der Waals surface area (Å²) in [5.41, 5.74) is 5.73. The molecule has 1 saturated carbocycles. The Morgan fingerprint density at radius 1 is 1.41 bits per heavy atom. The molecule has 1 aliphatic heterocycles. The number of carbonyl (C=O) groups excluding carboxylic acids is 1. The summed E-state index contributed by atoms with van der Waals surface area (Å²) in [6.07, 6.45) is 6.15. The van der Waals surface area contributed by atoms with Crippen molar-refractivity contribution >= 4 is 5.91 Å². The van der Waals surface area contributed by atoms with Gasteiger partial charge in [-0.15, -0.1) is 0 Å². The number of rotatable bonds is 4. The van der Waals surface area contributed by atoms with Gasteiger partial charge in [0.15, 0.2) is 0 Å². The molecule has 0 bridgehead atoms. The zero-order valence-electron chi connectivity index (χ0n) is 11.1. The maximum absolute atomic E-state index is 12.1. The molecule has 2 atom stereocenters. The summed E-state index contributed by atoms with van der Waals surface area (Å²) in [6, 6.07) is 0.791. The Balaban J connectivity index is 1.93. The van der Waals surface area contributed by atoms with Crippen LogP contribution in [-0.4, -0.2) is 54.0 Å². The normalized spacial score (nSPS) is 27.3. The first kappa shape index (κ1) is 12.8. The van der Waals surface area contributed by atoms with Gasteiger partial charge in [-0.25, -0.2) is 0 Å². The molecule has 0 radical (unpaired) electrons. The van der Waals surface area contributed by atoms with E-state index in [9.17, 15) is 4.79 Å². The van der Waals surface area contributed by atoms with E-state index in [1.54, 1.807) is 6.92 Å². The number of likely N-dealkylation sites (tertiary alicyclic amines) is 1. The molecular weight excluding hydrogens is 214 g/mol. The van der Waals surface area contributed by atoms with Gasteiger partial charge in [0.2, 0.25) is 5.91 Å². The Labute approximate surface area is 104 Å². The Morgan fingerprint density at radius 2 is 2.12 bits per heavy atom. The monoisotopic (exact) mass is 239 g/mol. The van der Waals surface area contributed by atoms with Gasteiger partial charge in [-0.2, -0.15) is 0 Å². The molecule has 2 fully saturated rings. The summed E-state index contributed by atoms with van der Waals surface area (Å²) < 4.78 is 0. The molecule has 2 rings (SSSR count). The second kappa shape index (κ2) is 5.36. The van der Waals surface area contributed by atoms with Crippen molar-refractivity contribution in [3.05, 3.63) is 0 Å². The van der Waals surface area contributed by atoms with Crippen molar-refractivity contribution in [1.29, 1.82) is 0 Å². The van der Waals surface area contributed by atoms with Crippen LogP contribution in [0.2, 0.25) is 0 Å². The van der Waals surface area contributed by atoms with E-state index in [0.29, 0.717) is 6.04 Å². The summed E-state index contributed by atoms with van der Waals surface area (Å²) in [5, 5.41) is 0. The Morgan fingerprint density at radius 3 is 2.71 bits per heavy atom. The second-order valence-corrected chi connectivity index (χ2v) is 5.64. The van der Waals surface area contributed by atoms with Crippen LogP contribution in [0.15, 0.2) is 0 Å². The van der Waals surface area contributed by atoms with Gasteiger partial charge in [-0.05, 0) is 46.1 Å². The van der Waals surface area contributed by atoms with Crippen LogP contribution < -0.4 is 5.73 Å². The number of hydrogen-bond donors (Lipinski definition) is 1. The predicted octanol–water partition coefficient (Wildman–Crippen LogP) is 0.809. The highest BCUT2D eigenvalue weighted by atomic mass is 16.2. The minimum Gasteiger partial charge on any atom is -0.337 e. The summed E-state index contributed by atoms with van der Waals surface area (Å²) in [5.74, 6) is 0.124. The standard InChI is InChI=1S/C13H25N3O/c1-10(14)13(17)16-8-4-3-5-12(16)9-15(2)11-6-7-11/h10-12H,3-9,14H2,1-2H3/t10-,12?/m0/s1. The molecule has 2 N–H and O–H groups in total. The SMILES string of the molecule is C[C@H](N)C(=O)N1CCCCC1CN(C)C1CC1. The van der Waals surface area contributed by atoms with Gasteiger partial charge in [0.25, 0.3) is 0 Å². The van der Waals surface area contributed by atoms with Gasteiger partial charge in [-0.1, -0.05) is 0 Å². The van der Waals surface area contributed by atoms with Gasteiger partial charge in [-0.3, -0.25) is 4.79 Å². The van der Waals surface area contributed by atoms with E-state index >= 15 is 0 Å². The highest BCUT2D eigenvalue weighted by Crippen LogP contribution is 2.27. The third kappa shape index (κ3) is 3.19. The first-order valence-corrected chi connectivity index (χ1v) is 6.86. The van der Waals surface area contributed by atoms with E-state index in [4.69, 9.17) is 5.73 Å². The minimum absolute atomic E-state index is 0.124. The molecule has 0 spiro atoms. The number of carbonyl (C=O) groups is 1. The number of nitrogens with two attached hydrogens (primary N) is 1. The fraction of sp³-hybridized carbons (Fsp3) is 0.923. The average molecular weight is 239 g/mol. The molecule has 0 aromatic carbocycles. The third-order valence-electron chi connectivity index (χ3n) is 3.97. The Bertz CT molecular complexity index is 276. The topological polar surface area (TPSA) is 49.6 Å². The number of likely N-dealkylation sites (N-methyl/N-ethyl adjacent to an activating group) is 1. The smallest absolute Gasteiger partial charge is 0.239 e. The largest absolute Gasteiger partial charge is 0.337 e. The first-order chi connectivity index (χ1) is 8.09. The van der Waals surface area contributed by atoms with Crippen LogP contribution in [-0.2, 0) is 4.79 Å². The summed E-state index contributed by atoms with van der Waals surface area (Å²) in [4.78, 5) is 16.5. The Kier molecular flexibility index (Phi) is 4.05. The highest BCUT2D eigenvalue weighted by molar-refractivity contribution is 5.81. The van der Waals surface area contributed by atoms with Crippen LogP contribution in [0, 0.1) is 0 Å². The number of piperidine rings is 1. The molecule has 1 amide bonds. The molecule has 1 heterocycles. The third-order valence-corrected chi connectivity index (χ3v) is 3.97. The maximum atomic E-state index is 12.1. The van der Waals surface area contributed by atoms with Gasteiger partial charge < -0.3 is 15.5 Å². The van der Waals surface area contributed by atoms with Crippen molar-refractivity contribution in [3.63, 3.8) is 0 Å². The van der Waals surface area contributed by atoms with Gasteiger partial charge in [0.05, 0.1) is 6.04 Å². The molecule has 1 saturated heterocycles.